The number of aromatic nitrogens is 4. The number of aryl methyl sites for hydroxylation is 2. The van der Waals surface area contributed by atoms with Gasteiger partial charge in [0.1, 0.15) is 4.60 Å². The number of carbonyl (C=O) groups is 1. The fourth-order valence-electron chi connectivity index (χ4n) is 1.98. The lowest BCUT2D eigenvalue weighted by molar-refractivity contribution is 0.0778. The Morgan fingerprint density at radius 2 is 2.05 bits per heavy atom. The summed E-state index contributed by atoms with van der Waals surface area (Å²) in [5.41, 5.74) is 3.42. The summed E-state index contributed by atoms with van der Waals surface area (Å²) >= 11 is 6.61. The van der Waals surface area contributed by atoms with Gasteiger partial charge < -0.3 is 4.90 Å². The minimum Gasteiger partial charge on any atom is -0.336 e. The summed E-state index contributed by atoms with van der Waals surface area (Å²) in [4.78, 5) is 14.0. The normalized spacial score (nSPS) is 10.9. The molecule has 0 saturated carbocycles. The molecular weight excluding hydrogens is 390 g/mol. The number of hydrogen-bond donors (Lipinski definition) is 1. The van der Waals surface area contributed by atoms with E-state index in [1.165, 1.54) is 0 Å². The van der Waals surface area contributed by atoms with E-state index in [-0.39, 0.29) is 5.91 Å². The summed E-state index contributed by atoms with van der Waals surface area (Å²) < 4.78 is 3.11. The molecule has 2 aromatic rings. The first-order valence-electron chi connectivity index (χ1n) is 5.96. The Morgan fingerprint density at radius 3 is 2.50 bits per heavy atom. The van der Waals surface area contributed by atoms with Crippen LogP contribution in [0, 0.1) is 13.8 Å². The van der Waals surface area contributed by atoms with Crippen molar-refractivity contribution in [3.05, 3.63) is 31.7 Å². The predicted octanol–water partition coefficient (Wildman–Crippen LogP) is 2.56. The van der Waals surface area contributed by atoms with E-state index >= 15 is 0 Å². The van der Waals surface area contributed by atoms with Crippen LogP contribution in [0.15, 0.2) is 9.08 Å². The van der Waals surface area contributed by atoms with Crippen LogP contribution < -0.4 is 0 Å². The minimum absolute atomic E-state index is 0.151. The smallest absolute Gasteiger partial charge is 0.275 e. The van der Waals surface area contributed by atoms with E-state index in [1.54, 1.807) is 11.9 Å². The molecule has 6 nitrogen and oxygen atoms in total. The highest BCUT2D eigenvalue weighted by molar-refractivity contribution is 9.13. The Hall–Kier alpha value is -1.15. The molecule has 20 heavy (non-hydrogen) atoms. The highest BCUT2D eigenvalue weighted by Gasteiger charge is 2.22. The third kappa shape index (κ3) is 2.67. The summed E-state index contributed by atoms with van der Waals surface area (Å²) in [5.74, 6) is -0.151. The fourth-order valence-corrected chi connectivity index (χ4v) is 2.61. The number of H-pyrrole nitrogens is 1. The number of hydrogen-bond acceptors (Lipinski definition) is 3. The first kappa shape index (κ1) is 15.2. The van der Waals surface area contributed by atoms with Crippen molar-refractivity contribution in [2.45, 2.75) is 20.4 Å². The van der Waals surface area contributed by atoms with Crippen LogP contribution in [-0.4, -0.2) is 37.8 Å². The predicted molar refractivity (Wildman–Crippen MR) is 82.5 cm³/mol. The number of aromatic amines is 1. The van der Waals surface area contributed by atoms with Gasteiger partial charge in [0, 0.05) is 31.9 Å². The summed E-state index contributed by atoms with van der Waals surface area (Å²) in [6, 6.07) is 0. The monoisotopic (exact) mass is 403 g/mol. The molecule has 0 aliphatic heterocycles. The maximum Gasteiger partial charge on any atom is 0.275 e. The number of amides is 1. The van der Waals surface area contributed by atoms with Gasteiger partial charge in [-0.2, -0.15) is 10.2 Å². The van der Waals surface area contributed by atoms with Crippen molar-refractivity contribution in [1.29, 1.82) is 0 Å². The van der Waals surface area contributed by atoms with Crippen molar-refractivity contribution in [1.82, 2.24) is 24.9 Å². The molecule has 8 heteroatoms. The molecule has 0 aromatic carbocycles. The van der Waals surface area contributed by atoms with Gasteiger partial charge in [-0.15, -0.1) is 0 Å². The van der Waals surface area contributed by atoms with Gasteiger partial charge in [0.25, 0.3) is 5.91 Å². The number of carbonyl (C=O) groups excluding carboxylic acids is 1. The number of halogens is 2. The Morgan fingerprint density at radius 1 is 1.40 bits per heavy atom. The van der Waals surface area contributed by atoms with E-state index in [4.69, 9.17) is 0 Å². The highest BCUT2D eigenvalue weighted by atomic mass is 79.9. The van der Waals surface area contributed by atoms with Crippen molar-refractivity contribution < 1.29 is 4.79 Å². The lowest BCUT2D eigenvalue weighted by Gasteiger charge is -2.16. The molecule has 2 aromatic heterocycles. The van der Waals surface area contributed by atoms with Gasteiger partial charge in [-0.3, -0.25) is 14.6 Å². The molecular formula is C12H15Br2N5O. The molecule has 0 atom stereocenters. The lowest BCUT2D eigenvalue weighted by Crippen LogP contribution is -2.27. The van der Waals surface area contributed by atoms with E-state index in [0.29, 0.717) is 21.3 Å². The number of rotatable bonds is 3. The van der Waals surface area contributed by atoms with Crippen molar-refractivity contribution in [2.24, 2.45) is 7.05 Å². The standard InChI is InChI=1S/C12H15Br2N5O/c1-6-8(7(2)19(4)17-6)5-18(3)12(20)10-9(13)11(14)16-15-10/h5H2,1-4H3,(H,15,16). The van der Waals surface area contributed by atoms with Gasteiger partial charge in [0.2, 0.25) is 0 Å². The molecule has 0 spiro atoms. The molecule has 2 rings (SSSR count). The second-order valence-electron chi connectivity index (χ2n) is 4.63. The van der Waals surface area contributed by atoms with E-state index in [9.17, 15) is 4.79 Å². The second kappa shape index (κ2) is 5.69. The van der Waals surface area contributed by atoms with Crippen LogP contribution >= 0.6 is 31.9 Å². The van der Waals surface area contributed by atoms with E-state index < -0.39 is 0 Å². The molecule has 108 valence electrons. The summed E-state index contributed by atoms with van der Waals surface area (Å²) in [5, 5.41) is 11.1. The minimum atomic E-state index is -0.151. The second-order valence-corrected chi connectivity index (χ2v) is 6.22. The molecule has 0 unspecified atom stereocenters. The van der Waals surface area contributed by atoms with Crippen LogP contribution in [0.1, 0.15) is 27.4 Å². The molecule has 0 aliphatic rings. The zero-order valence-electron chi connectivity index (χ0n) is 11.7. The van der Waals surface area contributed by atoms with Crippen LogP contribution in [0.5, 0.6) is 0 Å². The maximum absolute atomic E-state index is 12.4. The van der Waals surface area contributed by atoms with Gasteiger partial charge >= 0.3 is 0 Å². The zero-order valence-corrected chi connectivity index (χ0v) is 14.8. The van der Waals surface area contributed by atoms with Gasteiger partial charge in [-0.25, -0.2) is 0 Å². The van der Waals surface area contributed by atoms with Gasteiger partial charge in [-0.05, 0) is 45.7 Å². The maximum atomic E-state index is 12.4. The Labute approximate surface area is 133 Å². The van der Waals surface area contributed by atoms with Crippen LogP contribution in [0.2, 0.25) is 0 Å². The van der Waals surface area contributed by atoms with Crippen LogP contribution in [-0.2, 0) is 13.6 Å². The number of nitrogens with one attached hydrogen (secondary N) is 1. The van der Waals surface area contributed by atoms with Gasteiger partial charge in [0.05, 0.1) is 10.2 Å². The Balaban J connectivity index is 2.22. The molecule has 2 heterocycles. The number of nitrogens with zero attached hydrogens (tertiary/aromatic N) is 4. The average molecular weight is 405 g/mol. The first-order chi connectivity index (χ1) is 9.32. The third-order valence-electron chi connectivity index (χ3n) is 3.27. The molecule has 1 N–H and O–H groups in total. The quantitative estimate of drug-likeness (QED) is 0.854. The van der Waals surface area contributed by atoms with E-state index in [2.05, 4.69) is 47.2 Å². The molecule has 0 saturated heterocycles. The zero-order chi connectivity index (χ0) is 15.0. The SMILES string of the molecule is Cc1nn(C)c(C)c1CN(C)C(=O)c1n[nH]c(Br)c1Br. The van der Waals surface area contributed by atoms with Gasteiger partial charge in [-0.1, -0.05) is 0 Å². The molecule has 0 radical (unpaired) electrons. The lowest BCUT2D eigenvalue weighted by atomic mass is 10.2. The summed E-state index contributed by atoms with van der Waals surface area (Å²) in [6.07, 6.45) is 0. The van der Waals surface area contributed by atoms with Crippen LogP contribution in [0.3, 0.4) is 0 Å². The van der Waals surface area contributed by atoms with Crippen LogP contribution in [0.4, 0.5) is 0 Å². The molecule has 0 fully saturated rings. The average Bonchev–Trinajstić information content (AvgIpc) is 2.84. The van der Waals surface area contributed by atoms with Crippen molar-refractivity contribution in [3.63, 3.8) is 0 Å². The molecule has 1 amide bonds. The Bertz CT molecular complexity index is 661. The van der Waals surface area contributed by atoms with Crippen LogP contribution in [0.25, 0.3) is 0 Å². The summed E-state index contributed by atoms with van der Waals surface area (Å²) in [7, 11) is 3.65. The van der Waals surface area contributed by atoms with E-state index in [1.807, 2.05) is 25.6 Å². The largest absolute Gasteiger partial charge is 0.336 e. The third-order valence-corrected chi connectivity index (χ3v) is 5.15. The van der Waals surface area contributed by atoms with Gasteiger partial charge in [0.15, 0.2) is 5.69 Å². The highest BCUT2D eigenvalue weighted by Crippen LogP contribution is 2.25. The van der Waals surface area contributed by atoms with Crippen molar-refractivity contribution >= 4 is 37.8 Å². The first-order valence-corrected chi connectivity index (χ1v) is 7.55. The Kier molecular flexibility index (Phi) is 4.33. The summed E-state index contributed by atoms with van der Waals surface area (Å²) in [6.45, 7) is 4.44. The van der Waals surface area contributed by atoms with Crippen molar-refractivity contribution in [3.8, 4) is 0 Å². The van der Waals surface area contributed by atoms with E-state index in [0.717, 1.165) is 17.0 Å². The topological polar surface area (TPSA) is 66.8 Å². The molecule has 0 bridgehead atoms. The van der Waals surface area contributed by atoms with Crippen molar-refractivity contribution in [2.75, 3.05) is 7.05 Å². The fraction of sp³-hybridized carbons (Fsp3) is 0.417. The molecule has 0 aliphatic carbocycles.